The third-order valence-electron chi connectivity index (χ3n) is 9.82. The number of hydrogen-bond acceptors (Lipinski definition) is 6. The SMILES string of the molecule is c1cc([C@H]2CC[C@]3(CC2)OO[C@]2(O3)C3CC4CC(C3)CC2C4)ccc1OCCN1CCSCC1. The predicted octanol–water partition coefficient (Wildman–Crippen LogP) is 5.60. The van der Waals surface area contributed by atoms with E-state index in [9.17, 15) is 0 Å². The third-order valence-corrected chi connectivity index (χ3v) is 10.8. The number of rotatable bonds is 5. The lowest BCUT2D eigenvalue weighted by molar-refractivity contribution is -0.390. The van der Waals surface area contributed by atoms with E-state index in [4.69, 9.17) is 19.2 Å². The highest BCUT2D eigenvalue weighted by atomic mass is 32.2. The molecule has 7 aliphatic rings. The number of nitrogens with zero attached hydrogens (tertiary/aromatic N) is 1. The maximum atomic E-state index is 6.88. The fraction of sp³-hybridized carbons (Fsp3) is 0.786. The van der Waals surface area contributed by atoms with Gasteiger partial charge in [-0.2, -0.15) is 21.5 Å². The fourth-order valence-corrected chi connectivity index (χ4v) is 9.12. The smallest absolute Gasteiger partial charge is 0.210 e. The molecule has 4 bridgehead atoms. The van der Waals surface area contributed by atoms with E-state index >= 15 is 0 Å². The number of thioether (sulfide) groups is 1. The molecule has 2 heterocycles. The minimum absolute atomic E-state index is 0.438. The first-order chi connectivity index (χ1) is 16.7. The van der Waals surface area contributed by atoms with Gasteiger partial charge in [0.15, 0.2) is 0 Å². The van der Waals surface area contributed by atoms with Gasteiger partial charge < -0.3 is 9.47 Å². The molecule has 0 unspecified atom stereocenters. The summed E-state index contributed by atoms with van der Waals surface area (Å²) in [6.07, 6.45) is 10.6. The van der Waals surface area contributed by atoms with E-state index < -0.39 is 11.6 Å². The van der Waals surface area contributed by atoms with Gasteiger partial charge in [-0.3, -0.25) is 4.90 Å². The van der Waals surface area contributed by atoms with Crippen LogP contribution < -0.4 is 4.74 Å². The van der Waals surface area contributed by atoms with Crippen LogP contribution in [0.25, 0.3) is 0 Å². The van der Waals surface area contributed by atoms with E-state index in [2.05, 4.69) is 40.9 Å². The average Bonchev–Trinajstić information content (AvgIpc) is 3.24. The highest BCUT2D eigenvalue weighted by Gasteiger charge is 2.66. The van der Waals surface area contributed by atoms with Gasteiger partial charge in [0.1, 0.15) is 12.4 Å². The van der Waals surface area contributed by atoms with Gasteiger partial charge >= 0.3 is 0 Å². The molecule has 8 rings (SSSR count). The minimum atomic E-state index is -0.512. The lowest BCUT2D eigenvalue weighted by Crippen LogP contribution is -2.59. The molecule has 1 aromatic rings. The molecule has 2 saturated heterocycles. The zero-order chi connectivity index (χ0) is 22.6. The molecule has 5 aliphatic carbocycles. The molecule has 6 heteroatoms. The Morgan fingerprint density at radius 1 is 0.882 bits per heavy atom. The van der Waals surface area contributed by atoms with Crippen LogP contribution in [0.2, 0.25) is 0 Å². The Bertz CT molecular complexity index is 834. The molecule has 5 saturated carbocycles. The van der Waals surface area contributed by atoms with Gasteiger partial charge in [-0.05, 0) is 80.4 Å². The largest absolute Gasteiger partial charge is 0.492 e. The van der Waals surface area contributed by atoms with Gasteiger partial charge in [0.05, 0.1) is 0 Å². The van der Waals surface area contributed by atoms with E-state index in [0.29, 0.717) is 17.8 Å². The van der Waals surface area contributed by atoms with E-state index in [1.54, 1.807) is 0 Å². The van der Waals surface area contributed by atoms with Gasteiger partial charge in [0.2, 0.25) is 11.6 Å². The van der Waals surface area contributed by atoms with Crippen LogP contribution in [-0.2, 0) is 14.5 Å². The van der Waals surface area contributed by atoms with E-state index in [1.807, 2.05) is 0 Å². The van der Waals surface area contributed by atoms with Crippen molar-refractivity contribution < 1.29 is 19.2 Å². The van der Waals surface area contributed by atoms with Crippen molar-refractivity contribution in [3.05, 3.63) is 29.8 Å². The molecule has 2 spiro atoms. The van der Waals surface area contributed by atoms with E-state index in [0.717, 1.165) is 56.4 Å². The average molecular weight is 486 g/mol. The van der Waals surface area contributed by atoms with Crippen LogP contribution in [0, 0.1) is 23.7 Å². The molecule has 0 amide bonds. The van der Waals surface area contributed by atoms with Crippen LogP contribution >= 0.6 is 11.8 Å². The monoisotopic (exact) mass is 485 g/mol. The zero-order valence-electron chi connectivity index (χ0n) is 20.3. The molecule has 2 aliphatic heterocycles. The Hall–Kier alpha value is -0.790. The van der Waals surface area contributed by atoms with Crippen molar-refractivity contribution in [2.75, 3.05) is 37.7 Å². The number of hydrogen-bond donors (Lipinski definition) is 0. The third kappa shape index (κ3) is 4.02. The Morgan fingerprint density at radius 3 is 2.24 bits per heavy atom. The second kappa shape index (κ2) is 8.95. The van der Waals surface area contributed by atoms with Gasteiger partial charge in [-0.15, -0.1) is 0 Å². The van der Waals surface area contributed by atoms with Crippen LogP contribution in [0.3, 0.4) is 0 Å². The van der Waals surface area contributed by atoms with Crippen LogP contribution in [0.15, 0.2) is 24.3 Å². The normalized spacial score (nSPS) is 43.7. The summed E-state index contributed by atoms with van der Waals surface area (Å²) in [7, 11) is 0. The molecule has 34 heavy (non-hydrogen) atoms. The topological polar surface area (TPSA) is 40.2 Å². The van der Waals surface area contributed by atoms with Gasteiger partial charge in [-0.25, -0.2) is 0 Å². The van der Waals surface area contributed by atoms with Crippen LogP contribution in [-0.4, -0.2) is 54.2 Å². The first-order valence-electron chi connectivity index (χ1n) is 13.8. The summed E-state index contributed by atoms with van der Waals surface area (Å²) in [5.74, 6) is 6.01. The van der Waals surface area contributed by atoms with Crippen LogP contribution in [0.5, 0.6) is 5.75 Å². The molecular weight excluding hydrogens is 446 g/mol. The molecule has 0 atom stereocenters. The van der Waals surface area contributed by atoms with Gasteiger partial charge in [0.25, 0.3) is 0 Å². The molecule has 0 N–H and O–H groups in total. The summed E-state index contributed by atoms with van der Waals surface area (Å²) in [6.45, 7) is 4.19. The summed E-state index contributed by atoms with van der Waals surface area (Å²) in [5, 5.41) is 0. The van der Waals surface area contributed by atoms with Crippen molar-refractivity contribution in [3.63, 3.8) is 0 Å². The maximum absolute atomic E-state index is 6.88. The lowest BCUT2D eigenvalue weighted by Gasteiger charge is -2.57. The highest BCUT2D eigenvalue weighted by molar-refractivity contribution is 7.99. The standard InChI is InChI=1S/C28H39NO4S/c1-3-26(30-12-9-29-10-13-34-14-11-29)4-2-22(1)23-5-7-27(8-6-23)31-28(33-32-27)24-16-20-15-21(18-24)19-25(28)17-20/h1-4,20-21,23-25H,5-19H2/t20?,21?,23-,24?,25?,27+,28-. The highest BCUT2D eigenvalue weighted by Crippen LogP contribution is 2.64. The summed E-state index contributed by atoms with van der Waals surface area (Å²) < 4.78 is 12.9. The number of benzene rings is 1. The van der Waals surface area contributed by atoms with Crippen molar-refractivity contribution in [1.82, 2.24) is 4.90 Å². The maximum Gasteiger partial charge on any atom is 0.210 e. The molecule has 186 valence electrons. The molecule has 7 fully saturated rings. The first-order valence-corrected chi connectivity index (χ1v) is 15.0. The molecular formula is C28H39NO4S. The quantitative estimate of drug-likeness (QED) is 0.506. The number of ether oxygens (including phenoxy) is 2. The summed E-state index contributed by atoms with van der Waals surface area (Å²) in [5.41, 5.74) is 1.42. The van der Waals surface area contributed by atoms with Crippen molar-refractivity contribution >= 4 is 11.8 Å². The molecule has 0 radical (unpaired) electrons. The Balaban J connectivity index is 0.928. The Kier molecular flexibility index (Phi) is 5.90. The summed E-state index contributed by atoms with van der Waals surface area (Å²) >= 11 is 2.06. The fourth-order valence-electron chi connectivity index (χ4n) is 8.14. The second-order valence-corrected chi connectivity index (χ2v) is 13.1. The van der Waals surface area contributed by atoms with Crippen molar-refractivity contribution in [2.45, 2.75) is 75.3 Å². The van der Waals surface area contributed by atoms with Crippen molar-refractivity contribution in [2.24, 2.45) is 23.7 Å². The van der Waals surface area contributed by atoms with Crippen molar-refractivity contribution in [1.29, 1.82) is 0 Å². The molecule has 1 aromatic carbocycles. The van der Waals surface area contributed by atoms with Gasteiger partial charge in [-0.1, -0.05) is 12.1 Å². The van der Waals surface area contributed by atoms with E-state index in [1.165, 1.54) is 62.3 Å². The second-order valence-electron chi connectivity index (χ2n) is 11.9. The Labute approximate surface area is 208 Å². The predicted molar refractivity (Wildman–Crippen MR) is 133 cm³/mol. The van der Waals surface area contributed by atoms with Crippen molar-refractivity contribution in [3.8, 4) is 5.75 Å². The lowest BCUT2D eigenvalue weighted by atomic mass is 9.53. The molecule has 0 aromatic heterocycles. The summed E-state index contributed by atoms with van der Waals surface area (Å²) in [4.78, 5) is 14.8. The minimum Gasteiger partial charge on any atom is -0.492 e. The first kappa shape index (κ1) is 22.4. The van der Waals surface area contributed by atoms with Crippen LogP contribution in [0.4, 0.5) is 0 Å². The van der Waals surface area contributed by atoms with Gasteiger partial charge in [0, 0.05) is 55.8 Å². The zero-order valence-corrected chi connectivity index (χ0v) is 21.1. The van der Waals surface area contributed by atoms with Crippen LogP contribution in [0.1, 0.15) is 69.3 Å². The van der Waals surface area contributed by atoms with E-state index in [-0.39, 0.29) is 0 Å². The molecule has 5 nitrogen and oxygen atoms in total. The Morgan fingerprint density at radius 2 is 1.56 bits per heavy atom. The summed E-state index contributed by atoms with van der Waals surface area (Å²) in [6, 6.07) is 8.84.